The van der Waals surface area contributed by atoms with Crippen molar-refractivity contribution in [3.8, 4) is 11.5 Å². The predicted octanol–water partition coefficient (Wildman–Crippen LogP) is 10.1. The molecule has 198 valence electrons. The Kier molecular flexibility index (Phi) is 11.8. The molecular weight excluding hydrogens is 464 g/mol. The molecular formula is C36H42O2. The normalized spacial score (nSPS) is 13.5. The molecule has 2 nitrogen and oxygen atoms in total. The standard InChI is InChI=1S/C36H42O2/c1(3-5-7-13-27-37-35-23-19-33(20-24-35)29-31-15-9-10-16-31)2-4-6-8-14-28-38-36-25-21-34(22-26-36)30-32-17-11-12-18-32/h9-12,15-26,29-30H,1-8,13-14,27-28H2. The van der Waals surface area contributed by atoms with Gasteiger partial charge in [0.1, 0.15) is 11.5 Å². The molecule has 0 saturated heterocycles. The minimum absolute atomic E-state index is 0.811. The second kappa shape index (κ2) is 16.3. The fourth-order valence-electron chi connectivity index (χ4n) is 4.67. The van der Waals surface area contributed by atoms with Gasteiger partial charge in [-0.3, -0.25) is 0 Å². The van der Waals surface area contributed by atoms with Crippen molar-refractivity contribution in [1.29, 1.82) is 0 Å². The van der Waals surface area contributed by atoms with Crippen LogP contribution >= 0.6 is 0 Å². The van der Waals surface area contributed by atoms with Gasteiger partial charge in [-0.25, -0.2) is 0 Å². The summed E-state index contributed by atoms with van der Waals surface area (Å²) in [6.45, 7) is 1.62. The van der Waals surface area contributed by atoms with E-state index in [1.165, 1.54) is 73.6 Å². The summed E-state index contributed by atoms with van der Waals surface area (Å²) in [5.41, 5.74) is 4.90. The topological polar surface area (TPSA) is 18.5 Å². The Bertz CT molecular complexity index is 1020. The molecule has 0 atom stereocenters. The third-order valence-corrected chi connectivity index (χ3v) is 6.88. The van der Waals surface area contributed by atoms with Crippen molar-refractivity contribution in [2.75, 3.05) is 13.2 Å². The lowest BCUT2D eigenvalue weighted by atomic mass is 10.1. The van der Waals surface area contributed by atoms with Crippen LogP contribution in [-0.4, -0.2) is 13.2 Å². The van der Waals surface area contributed by atoms with Crippen LogP contribution in [0.3, 0.4) is 0 Å². The van der Waals surface area contributed by atoms with E-state index in [1.807, 2.05) is 0 Å². The summed E-state index contributed by atoms with van der Waals surface area (Å²) in [5.74, 6) is 1.94. The van der Waals surface area contributed by atoms with Crippen LogP contribution in [0.2, 0.25) is 0 Å². The molecule has 0 heterocycles. The van der Waals surface area contributed by atoms with Crippen LogP contribution in [0.1, 0.15) is 75.3 Å². The van der Waals surface area contributed by atoms with E-state index in [0.717, 1.165) is 37.6 Å². The van der Waals surface area contributed by atoms with Crippen molar-refractivity contribution >= 4 is 12.2 Å². The highest BCUT2D eigenvalue weighted by Crippen LogP contribution is 2.19. The van der Waals surface area contributed by atoms with Gasteiger partial charge < -0.3 is 9.47 Å². The summed E-state index contributed by atoms with van der Waals surface area (Å²) in [6.07, 6.45) is 33.9. The van der Waals surface area contributed by atoms with E-state index in [4.69, 9.17) is 9.47 Å². The molecule has 0 saturated carbocycles. The van der Waals surface area contributed by atoms with Crippen LogP contribution in [0.15, 0.2) is 108 Å². The quantitative estimate of drug-likeness (QED) is 0.199. The highest BCUT2D eigenvalue weighted by Gasteiger charge is 1.99. The Balaban J connectivity index is 0.923. The lowest BCUT2D eigenvalue weighted by molar-refractivity contribution is 0.303. The van der Waals surface area contributed by atoms with E-state index >= 15 is 0 Å². The third-order valence-electron chi connectivity index (χ3n) is 6.88. The molecule has 0 unspecified atom stereocenters. The van der Waals surface area contributed by atoms with Crippen molar-refractivity contribution in [1.82, 2.24) is 0 Å². The first-order chi connectivity index (χ1) is 18.8. The summed E-state index contributed by atoms with van der Waals surface area (Å²) < 4.78 is 11.8. The smallest absolute Gasteiger partial charge is 0.119 e. The maximum absolute atomic E-state index is 5.91. The number of rotatable bonds is 17. The van der Waals surface area contributed by atoms with Gasteiger partial charge in [-0.15, -0.1) is 0 Å². The van der Waals surface area contributed by atoms with Crippen molar-refractivity contribution in [2.24, 2.45) is 0 Å². The Morgan fingerprint density at radius 1 is 0.395 bits per heavy atom. The first-order valence-corrected chi connectivity index (χ1v) is 14.4. The van der Waals surface area contributed by atoms with E-state index in [2.05, 4.69) is 109 Å². The zero-order valence-electron chi connectivity index (χ0n) is 22.7. The summed E-state index contributed by atoms with van der Waals surface area (Å²) in [6, 6.07) is 16.8. The van der Waals surface area contributed by atoms with Gasteiger partial charge in [-0.2, -0.15) is 0 Å². The Hall–Kier alpha value is -3.52. The number of benzene rings is 2. The molecule has 0 N–H and O–H groups in total. The molecule has 2 aliphatic carbocycles. The second-order valence-electron chi connectivity index (χ2n) is 10.1. The Morgan fingerprint density at radius 2 is 0.711 bits per heavy atom. The molecule has 0 fully saturated rings. The van der Waals surface area contributed by atoms with Crippen LogP contribution < -0.4 is 9.47 Å². The third kappa shape index (κ3) is 10.5. The first-order valence-electron chi connectivity index (χ1n) is 14.4. The summed E-state index contributed by atoms with van der Waals surface area (Å²) in [5, 5.41) is 0. The van der Waals surface area contributed by atoms with E-state index in [-0.39, 0.29) is 0 Å². The lowest BCUT2D eigenvalue weighted by Crippen LogP contribution is -1.97. The van der Waals surface area contributed by atoms with E-state index in [1.54, 1.807) is 0 Å². The zero-order chi connectivity index (χ0) is 26.1. The molecule has 0 aromatic heterocycles. The highest BCUT2D eigenvalue weighted by atomic mass is 16.5. The molecule has 2 aromatic carbocycles. The van der Waals surface area contributed by atoms with Crippen LogP contribution in [0.4, 0.5) is 0 Å². The maximum Gasteiger partial charge on any atom is 0.119 e. The molecule has 0 amide bonds. The van der Waals surface area contributed by atoms with Gasteiger partial charge in [-0.1, -0.05) is 124 Å². The minimum Gasteiger partial charge on any atom is -0.494 e. The van der Waals surface area contributed by atoms with Crippen molar-refractivity contribution in [3.63, 3.8) is 0 Å². The largest absolute Gasteiger partial charge is 0.494 e. The summed E-state index contributed by atoms with van der Waals surface area (Å²) in [7, 11) is 0. The summed E-state index contributed by atoms with van der Waals surface area (Å²) >= 11 is 0. The van der Waals surface area contributed by atoms with Crippen LogP contribution in [0, 0.1) is 0 Å². The van der Waals surface area contributed by atoms with Gasteiger partial charge in [0.05, 0.1) is 13.2 Å². The molecule has 4 rings (SSSR count). The van der Waals surface area contributed by atoms with Crippen molar-refractivity contribution in [3.05, 3.63) is 119 Å². The number of unbranched alkanes of at least 4 members (excludes halogenated alkanes) is 9. The van der Waals surface area contributed by atoms with Crippen molar-refractivity contribution in [2.45, 2.75) is 64.2 Å². The SMILES string of the molecule is C1=CC(=Cc2ccc(OCCCCCCCCCCCCOc3ccc(C=C4C=CC=C4)cc3)cc2)C=C1. The number of allylic oxidation sites excluding steroid dienone is 10. The molecule has 0 radical (unpaired) electrons. The molecule has 2 aromatic rings. The Labute approximate surface area is 229 Å². The van der Waals surface area contributed by atoms with Crippen LogP contribution in [-0.2, 0) is 0 Å². The maximum atomic E-state index is 5.91. The number of hydrogen-bond donors (Lipinski definition) is 0. The highest BCUT2D eigenvalue weighted by molar-refractivity contribution is 5.63. The minimum atomic E-state index is 0.811. The molecule has 0 spiro atoms. The summed E-state index contributed by atoms with van der Waals surface area (Å²) in [4.78, 5) is 0. The average Bonchev–Trinajstić information content (AvgIpc) is 3.65. The monoisotopic (exact) mass is 506 g/mol. The first kappa shape index (κ1) is 27.5. The average molecular weight is 507 g/mol. The fourth-order valence-corrected chi connectivity index (χ4v) is 4.67. The van der Waals surface area contributed by atoms with Crippen LogP contribution in [0.5, 0.6) is 11.5 Å². The zero-order valence-corrected chi connectivity index (χ0v) is 22.7. The lowest BCUT2D eigenvalue weighted by Gasteiger charge is -2.07. The van der Waals surface area contributed by atoms with Gasteiger partial charge in [0.15, 0.2) is 0 Å². The van der Waals surface area contributed by atoms with E-state index in [0.29, 0.717) is 0 Å². The molecule has 38 heavy (non-hydrogen) atoms. The van der Waals surface area contributed by atoms with Gasteiger partial charge in [0, 0.05) is 0 Å². The van der Waals surface area contributed by atoms with Crippen LogP contribution in [0.25, 0.3) is 12.2 Å². The second-order valence-corrected chi connectivity index (χ2v) is 10.1. The van der Waals surface area contributed by atoms with Gasteiger partial charge in [-0.05, 0) is 71.5 Å². The molecule has 0 bridgehead atoms. The van der Waals surface area contributed by atoms with E-state index < -0.39 is 0 Å². The van der Waals surface area contributed by atoms with Gasteiger partial charge in [0.2, 0.25) is 0 Å². The van der Waals surface area contributed by atoms with Gasteiger partial charge >= 0.3 is 0 Å². The van der Waals surface area contributed by atoms with Crippen molar-refractivity contribution < 1.29 is 9.47 Å². The predicted molar refractivity (Wildman–Crippen MR) is 163 cm³/mol. The Morgan fingerprint density at radius 3 is 1.05 bits per heavy atom. The van der Waals surface area contributed by atoms with E-state index in [9.17, 15) is 0 Å². The van der Waals surface area contributed by atoms with Gasteiger partial charge in [0.25, 0.3) is 0 Å². The molecule has 0 aliphatic heterocycles. The number of ether oxygens (including phenoxy) is 2. The number of hydrogen-bond acceptors (Lipinski definition) is 2. The molecule has 2 aliphatic rings. The fraction of sp³-hybridized carbons (Fsp3) is 0.333. The molecule has 2 heteroatoms.